The number of phenolic OH excluding ortho intramolecular Hbond substituents is 1. The van der Waals surface area contributed by atoms with Gasteiger partial charge in [-0.2, -0.15) is 9.97 Å². The third-order valence-corrected chi connectivity index (χ3v) is 10.7. The molecule has 6 rings (SSSR count). The number of aliphatic imine (C=N–C) groups is 1. The number of rotatable bonds is 13. The SMILES string of the molecule is C#Cc1c(F)ccc2cc(O)cc(C3=Cc4nc(OCC(C)(CCCC)CCCCC)nc(N5CC6C(=O)NC(=O)C6C5)c4/C(=C/C)C3=NC(C)C)c12. The van der Waals surface area contributed by atoms with Crippen LogP contribution in [0.3, 0.4) is 0 Å². The molecule has 2 fully saturated rings. The van der Waals surface area contributed by atoms with Gasteiger partial charge in [0.25, 0.3) is 0 Å². The molecule has 10 heteroatoms. The Bertz CT molecular complexity index is 2060. The third-order valence-electron chi connectivity index (χ3n) is 10.7. The molecule has 2 aliphatic heterocycles. The number of unbranched alkanes of at least 4 members (excludes halogenated alkanes) is 3. The Morgan fingerprint density at radius 2 is 1.81 bits per heavy atom. The lowest BCUT2D eigenvalue weighted by molar-refractivity contribution is -0.126. The summed E-state index contributed by atoms with van der Waals surface area (Å²) in [6, 6.07) is 6.11. The number of ether oxygens (including phenoxy) is 1. The maximum atomic E-state index is 15.3. The van der Waals surface area contributed by atoms with E-state index >= 15 is 4.39 Å². The highest BCUT2D eigenvalue weighted by Gasteiger charge is 2.49. The molecule has 53 heavy (non-hydrogen) atoms. The number of aromatic nitrogens is 2. The summed E-state index contributed by atoms with van der Waals surface area (Å²) < 4.78 is 21.8. The van der Waals surface area contributed by atoms with Crippen LogP contribution in [0.25, 0.3) is 28.0 Å². The van der Waals surface area contributed by atoms with E-state index in [2.05, 4.69) is 32.0 Å². The van der Waals surface area contributed by atoms with Gasteiger partial charge in [-0.15, -0.1) is 6.42 Å². The molecule has 3 aromatic rings. The van der Waals surface area contributed by atoms with Gasteiger partial charge in [0.05, 0.1) is 41.0 Å². The number of hydrogen-bond acceptors (Lipinski definition) is 8. The summed E-state index contributed by atoms with van der Waals surface area (Å²) in [6.07, 6.45) is 17.3. The van der Waals surface area contributed by atoms with Gasteiger partial charge in [-0.25, -0.2) is 4.39 Å². The molecule has 2 saturated heterocycles. The average Bonchev–Trinajstić information content (AvgIpc) is 3.69. The molecule has 0 bridgehead atoms. The largest absolute Gasteiger partial charge is 0.508 e. The van der Waals surface area contributed by atoms with Crippen molar-refractivity contribution < 1.29 is 23.8 Å². The van der Waals surface area contributed by atoms with Crippen LogP contribution < -0.4 is 15.0 Å². The van der Waals surface area contributed by atoms with E-state index in [9.17, 15) is 14.7 Å². The molecule has 3 aliphatic rings. The van der Waals surface area contributed by atoms with Gasteiger partial charge in [0.2, 0.25) is 11.8 Å². The Labute approximate surface area is 311 Å². The molecule has 0 spiro atoms. The molecule has 0 radical (unpaired) electrons. The first-order chi connectivity index (χ1) is 25.4. The average molecular weight is 720 g/mol. The number of anilines is 1. The number of amides is 2. The zero-order chi connectivity index (χ0) is 38.0. The van der Waals surface area contributed by atoms with E-state index in [1.807, 2.05) is 37.8 Å². The van der Waals surface area contributed by atoms with Crippen molar-refractivity contribution in [2.45, 2.75) is 92.5 Å². The number of carbonyl (C=O) groups is 2. The number of benzene rings is 2. The highest BCUT2D eigenvalue weighted by atomic mass is 19.1. The topological polar surface area (TPSA) is 117 Å². The smallest absolute Gasteiger partial charge is 0.318 e. The summed E-state index contributed by atoms with van der Waals surface area (Å²) in [5.74, 6) is 1.01. The van der Waals surface area contributed by atoms with Gasteiger partial charge in [0, 0.05) is 41.1 Å². The Morgan fingerprint density at radius 3 is 2.45 bits per heavy atom. The van der Waals surface area contributed by atoms with Crippen molar-refractivity contribution in [3.8, 4) is 24.1 Å². The Morgan fingerprint density at radius 1 is 1.11 bits per heavy atom. The molecular weight excluding hydrogens is 670 g/mol. The van der Waals surface area contributed by atoms with Crippen molar-refractivity contribution in [1.29, 1.82) is 0 Å². The lowest BCUT2D eigenvalue weighted by atomic mass is 9.81. The standard InChI is InChI=1S/C43H50FN5O4/c1-8-12-14-18-43(7,17-13-9-2)24-53-42-46-35-21-31(30-20-27(50)19-26-15-16-34(44)28(10-3)36(26)30)38(45-25(5)6)29(11-4)37(35)39(47-42)49-22-32-33(23-49)41(52)48-40(32)51/h3,11,15-16,19-21,25,32-33,50H,8-9,12-14,17-18,22-24H2,1-2,4-7H3,(H,48,51,52)/b29-11-,45-38?. The molecule has 3 atom stereocenters. The fourth-order valence-electron chi connectivity index (χ4n) is 7.96. The summed E-state index contributed by atoms with van der Waals surface area (Å²) in [7, 11) is 0. The van der Waals surface area contributed by atoms with Gasteiger partial charge in [-0.05, 0) is 68.8 Å². The van der Waals surface area contributed by atoms with Crippen LogP contribution in [0, 0.1) is 35.4 Å². The summed E-state index contributed by atoms with van der Waals surface area (Å²) in [5, 5.41) is 14.5. The molecule has 3 unspecified atom stereocenters. The van der Waals surface area contributed by atoms with Gasteiger partial charge >= 0.3 is 6.01 Å². The van der Waals surface area contributed by atoms with Crippen LogP contribution in [-0.4, -0.2) is 58.3 Å². The van der Waals surface area contributed by atoms with Crippen LogP contribution in [0.15, 0.2) is 35.3 Å². The Balaban J connectivity index is 1.57. The fourth-order valence-corrected chi connectivity index (χ4v) is 7.96. The highest BCUT2D eigenvalue weighted by Crippen LogP contribution is 2.45. The van der Waals surface area contributed by atoms with Crippen molar-refractivity contribution in [3.05, 3.63) is 58.5 Å². The molecule has 3 heterocycles. The lowest BCUT2D eigenvalue weighted by Gasteiger charge is -2.31. The van der Waals surface area contributed by atoms with Crippen molar-refractivity contribution in [1.82, 2.24) is 15.3 Å². The normalized spacial score (nSPS) is 20.8. The number of nitrogens with zero attached hydrogens (tertiary/aromatic N) is 4. The maximum Gasteiger partial charge on any atom is 0.318 e. The first kappa shape index (κ1) is 37.7. The number of fused-ring (bicyclic) bond motifs is 3. The third kappa shape index (κ3) is 7.44. The predicted molar refractivity (Wildman–Crippen MR) is 209 cm³/mol. The summed E-state index contributed by atoms with van der Waals surface area (Å²) in [5.41, 5.74) is 3.69. The number of imide groups is 1. The molecule has 2 amide bonds. The van der Waals surface area contributed by atoms with E-state index in [4.69, 9.17) is 26.1 Å². The molecule has 1 aromatic heterocycles. The van der Waals surface area contributed by atoms with Crippen LogP contribution in [-0.2, 0) is 9.59 Å². The second-order valence-corrected chi connectivity index (χ2v) is 15.2. The minimum absolute atomic E-state index is 0.00640. The van der Waals surface area contributed by atoms with Crippen LogP contribution in [0.1, 0.15) is 109 Å². The molecule has 2 aromatic carbocycles. The number of hydrogen-bond donors (Lipinski definition) is 2. The van der Waals surface area contributed by atoms with Crippen molar-refractivity contribution in [3.63, 3.8) is 0 Å². The summed E-state index contributed by atoms with van der Waals surface area (Å²) >= 11 is 0. The van der Waals surface area contributed by atoms with E-state index in [1.54, 1.807) is 18.2 Å². The van der Waals surface area contributed by atoms with Crippen LogP contribution in [0.2, 0.25) is 0 Å². The lowest BCUT2D eigenvalue weighted by Crippen LogP contribution is -2.33. The zero-order valence-corrected chi connectivity index (χ0v) is 31.7. The van der Waals surface area contributed by atoms with Gasteiger partial charge in [0.1, 0.15) is 17.4 Å². The molecule has 1 aliphatic carbocycles. The monoisotopic (exact) mass is 719 g/mol. The van der Waals surface area contributed by atoms with Crippen LogP contribution >= 0.6 is 0 Å². The van der Waals surface area contributed by atoms with Crippen molar-refractivity contribution >= 4 is 51.3 Å². The Hall–Kier alpha value is -5.04. The summed E-state index contributed by atoms with van der Waals surface area (Å²) in [4.78, 5) is 42.7. The molecule has 9 nitrogen and oxygen atoms in total. The number of nitrogens with one attached hydrogen (secondary N) is 1. The van der Waals surface area contributed by atoms with Gasteiger partial charge in [-0.1, -0.05) is 70.9 Å². The number of carbonyl (C=O) groups excluding carboxylic acids is 2. The molecular formula is C43H50FN5O4. The van der Waals surface area contributed by atoms with Gasteiger partial charge in [-0.3, -0.25) is 19.9 Å². The first-order valence-corrected chi connectivity index (χ1v) is 19.0. The maximum absolute atomic E-state index is 15.3. The Kier molecular flexibility index (Phi) is 11.0. The minimum atomic E-state index is -0.541. The van der Waals surface area contributed by atoms with E-state index in [0.29, 0.717) is 64.4 Å². The van der Waals surface area contributed by atoms with Crippen LogP contribution in [0.5, 0.6) is 11.8 Å². The summed E-state index contributed by atoms with van der Waals surface area (Å²) in [6.45, 7) is 13.6. The number of terminal acetylenes is 1. The van der Waals surface area contributed by atoms with E-state index < -0.39 is 17.7 Å². The van der Waals surface area contributed by atoms with E-state index in [0.717, 1.165) is 50.5 Å². The van der Waals surface area contributed by atoms with Crippen LogP contribution in [0.4, 0.5) is 10.2 Å². The minimum Gasteiger partial charge on any atom is -0.508 e. The first-order valence-electron chi connectivity index (χ1n) is 19.0. The van der Waals surface area contributed by atoms with Crippen molar-refractivity contribution in [2.75, 3.05) is 24.6 Å². The van der Waals surface area contributed by atoms with E-state index in [1.165, 1.54) is 6.07 Å². The van der Waals surface area contributed by atoms with E-state index in [-0.39, 0.29) is 40.6 Å². The van der Waals surface area contributed by atoms with Crippen molar-refractivity contribution in [2.24, 2.45) is 22.2 Å². The zero-order valence-electron chi connectivity index (χ0n) is 31.7. The van der Waals surface area contributed by atoms with Gasteiger partial charge < -0.3 is 14.7 Å². The second kappa shape index (κ2) is 15.5. The molecule has 0 saturated carbocycles. The number of allylic oxidation sites excluding steroid dienone is 3. The fraction of sp³-hybridized carbons (Fsp3) is 0.465. The number of halogens is 1. The highest BCUT2D eigenvalue weighted by molar-refractivity contribution is 6.50. The predicted octanol–water partition coefficient (Wildman–Crippen LogP) is 8.13. The quantitative estimate of drug-likeness (QED) is 0.104. The second-order valence-electron chi connectivity index (χ2n) is 15.2. The molecule has 2 N–H and O–H groups in total. The number of phenols is 1. The van der Waals surface area contributed by atoms with Gasteiger partial charge in [0.15, 0.2) is 0 Å². The number of aromatic hydroxyl groups is 1. The molecule has 278 valence electrons.